The fourth-order valence-electron chi connectivity index (χ4n) is 1.23. The van der Waals surface area contributed by atoms with Crippen LogP contribution in [0.2, 0.25) is 0 Å². The lowest BCUT2D eigenvalue weighted by molar-refractivity contribution is 0.665. The minimum atomic E-state index is 0.481. The zero-order chi connectivity index (χ0) is 10.2. The Morgan fingerprint density at radius 2 is 2.07 bits per heavy atom. The van der Waals surface area contributed by atoms with Crippen LogP contribution < -0.4 is 0 Å². The van der Waals surface area contributed by atoms with Crippen molar-refractivity contribution in [2.24, 2.45) is 5.92 Å². The molecule has 0 fully saturated rings. The van der Waals surface area contributed by atoms with Gasteiger partial charge in [-0.3, -0.25) is 0 Å². The number of hydrogen-bond donors (Lipinski definition) is 0. The van der Waals surface area contributed by atoms with Crippen LogP contribution in [0.4, 0.5) is 0 Å². The van der Waals surface area contributed by atoms with Gasteiger partial charge in [0.25, 0.3) is 0 Å². The van der Waals surface area contributed by atoms with Crippen LogP contribution in [-0.2, 0) is 0 Å². The topological polar surface area (TPSA) is 23.8 Å². The van der Waals surface area contributed by atoms with Crippen LogP contribution in [0.1, 0.15) is 25.3 Å². The van der Waals surface area contributed by atoms with E-state index in [1.807, 2.05) is 18.2 Å². The molecule has 0 amide bonds. The zero-order valence-electron chi connectivity index (χ0n) is 8.48. The smallest absolute Gasteiger partial charge is 0.0621 e. The van der Waals surface area contributed by atoms with Crippen LogP contribution in [-0.4, -0.2) is 0 Å². The number of nitriles is 1. The second-order valence-corrected chi connectivity index (χ2v) is 3.44. The van der Waals surface area contributed by atoms with Gasteiger partial charge in [0, 0.05) is 6.42 Å². The fraction of sp³-hybridized carbons (Fsp3) is 0.308. The molecule has 0 bridgehead atoms. The van der Waals surface area contributed by atoms with E-state index in [1.165, 1.54) is 5.56 Å². The lowest BCUT2D eigenvalue weighted by Gasteiger charge is -2.01. The van der Waals surface area contributed by atoms with E-state index in [4.69, 9.17) is 5.26 Å². The van der Waals surface area contributed by atoms with Gasteiger partial charge in [0.05, 0.1) is 6.07 Å². The third-order valence-electron chi connectivity index (χ3n) is 2.13. The third-order valence-corrected chi connectivity index (χ3v) is 2.13. The van der Waals surface area contributed by atoms with Gasteiger partial charge in [-0.2, -0.15) is 5.26 Å². The average molecular weight is 185 g/mol. The summed E-state index contributed by atoms with van der Waals surface area (Å²) in [5.41, 5.74) is 1.22. The molecule has 0 aromatic heterocycles. The maximum atomic E-state index is 8.43. The highest BCUT2D eigenvalue weighted by Gasteiger charge is 1.95. The molecule has 0 aliphatic rings. The first-order valence-electron chi connectivity index (χ1n) is 4.93. The van der Waals surface area contributed by atoms with E-state index in [9.17, 15) is 0 Å². The Hall–Kier alpha value is -1.55. The van der Waals surface area contributed by atoms with E-state index in [-0.39, 0.29) is 0 Å². The van der Waals surface area contributed by atoms with Gasteiger partial charge in [-0.25, -0.2) is 0 Å². The average Bonchev–Trinajstić information content (AvgIpc) is 2.25. The van der Waals surface area contributed by atoms with Gasteiger partial charge >= 0.3 is 0 Å². The van der Waals surface area contributed by atoms with E-state index in [2.05, 4.69) is 37.3 Å². The molecule has 14 heavy (non-hydrogen) atoms. The number of rotatable bonds is 4. The monoisotopic (exact) mass is 185 g/mol. The zero-order valence-corrected chi connectivity index (χ0v) is 8.48. The van der Waals surface area contributed by atoms with Gasteiger partial charge in [-0.05, 0) is 17.9 Å². The summed E-state index contributed by atoms with van der Waals surface area (Å²) in [7, 11) is 0. The predicted octanol–water partition coefficient (Wildman–Crippen LogP) is 3.64. The molecule has 1 rings (SSSR count). The summed E-state index contributed by atoms with van der Waals surface area (Å²) in [5, 5.41) is 8.43. The normalized spacial score (nSPS) is 12.6. The van der Waals surface area contributed by atoms with Crippen LogP contribution >= 0.6 is 0 Å². The van der Waals surface area contributed by atoms with Gasteiger partial charge in [0.15, 0.2) is 0 Å². The van der Waals surface area contributed by atoms with Gasteiger partial charge in [0.1, 0.15) is 0 Å². The molecule has 0 N–H and O–H groups in total. The van der Waals surface area contributed by atoms with E-state index in [0.29, 0.717) is 12.3 Å². The molecule has 0 spiro atoms. The molecular weight excluding hydrogens is 170 g/mol. The van der Waals surface area contributed by atoms with Crippen molar-refractivity contribution in [3.63, 3.8) is 0 Å². The first-order valence-corrected chi connectivity index (χ1v) is 4.93. The molecule has 1 aromatic carbocycles. The van der Waals surface area contributed by atoms with Crippen molar-refractivity contribution in [2.45, 2.75) is 19.8 Å². The molecule has 0 saturated carbocycles. The summed E-state index contributed by atoms with van der Waals surface area (Å²) in [4.78, 5) is 0. The Morgan fingerprint density at radius 3 is 2.71 bits per heavy atom. The van der Waals surface area contributed by atoms with E-state index < -0.39 is 0 Å². The molecule has 72 valence electrons. The summed E-state index contributed by atoms with van der Waals surface area (Å²) >= 11 is 0. The van der Waals surface area contributed by atoms with Gasteiger partial charge in [-0.15, -0.1) is 0 Å². The molecule has 0 aliphatic carbocycles. The lowest BCUT2D eigenvalue weighted by Crippen LogP contribution is -1.87. The highest BCUT2D eigenvalue weighted by atomic mass is 14.2. The van der Waals surface area contributed by atoms with E-state index >= 15 is 0 Å². The van der Waals surface area contributed by atoms with Crippen molar-refractivity contribution in [3.8, 4) is 6.07 Å². The number of allylic oxidation sites excluding steroid dienone is 1. The van der Waals surface area contributed by atoms with E-state index in [0.717, 1.165) is 6.42 Å². The quantitative estimate of drug-likeness (QED) is 0.702. The van der Waals surface area contributed by atoms with E-state index in [1.54, 1.807) is 0 Å². The van der Waals surface area contributed by atoms with Crippen molar-refractivity contribution >= 4 is 6.08 Å². The number of nitrogens with zero attached hydrogens (tertiary/aromatic N) is 1. The number of hydrogen-bond acceptors (Lipinski definition) is 1. The van der Waals surface area contributed by atoms with Crippen molar-refractivity contribution < 1.29 is 0 Å². The molecule has 0 radical (unpaired) electrons. The lowest BCUT2D eigenvalue weighted by atomic mass is 10.0. The molecule has 1 nitrogen and oxygen atoms in total. The fourth-order valence-corrected chi connectivity index (χ4v) is 1.23. The second kappa shape index (κ2) is 5.99. The Balaban J connectivity index is 2.44. The second-order valence-electron chi connectivity index (χ2n) is 3.44. The molecule has 1 unspecified atom stereocenters. The van der Waals surface area contributed by atoms with Crippen LogP contribution in [0.25, 0.3) is 6.08 Å². The molecule has 1 atom stereocenters. The summed E-state index contributed by atoms with van der Waals surface area (Å²) in [6.07, 6.45) is 5.86. The molecular formula is C13H15N. The standard InChI is InChI=1S/C13H15N/c1-12(6-5-11-14)9-10-13-7-3-2-4-8-13/h2-4,7-10,12H,5-6H2,1H3/b10-9+. The molecule has 0 saturated heterocycles. The Morgan fingerprint density at radius 1 is 1.36 bits per heavy atom. The van der Waals surface area contributed by atoms with Crippen LogP contribution in [0.15, 0.2) is 36.4 Å². The highest BCUT2D eigenvalue weighted by molar-refractivity contribution is 5.48. The summed E-state index contributed by atoms with van der Waals surface area (Å²) in [5.74, 6) is 0.481. The molecule has 1 heteroatoms. The molecule has 1 aromatic rings. The Labute approximate surface area is 85.7 Å². The largest absolute Gasteiger partial charge is 0.198 e. The van der Waals surface area contributed by atoms with Crippen molar-refractivity contribution in [1.82, 2.24) is 0 Å². The maximum Gasteiger partial charge on any atom is 0.0621 e. The first kappa shape index (κ1) is 10.5. The highest BCUT2D eigenvalue weighted by Crippen LogP contribution is 2.09. The SMILES string of the molecule is CC(/C=C/c1ccccc1)CCC#N. The van der Waals surface area contributed by atoms with Crippen LogP contribution in [0.3, 0.4) is 0 Å². The van der Waals surface area contributed by atoms with Gasteiger partial charge in [0.2, 0.25) is 0 Å². The predicted molar refractivity (Wildman–Crippen MR) is 59.5 cm³/mol. The van der Waals surface area contributed by atoms with Crippen LogP contribution in [0, 0.1) is 17.2 Å². The molecule has 0 heterocycles. The van der Waals surface area contributed by atoms with Crippen molar-refractivity contribution in [2.75, 3.05) is 0 Å². The molecule has 0 aliphatic heterocycles. The number of benzene rings is 1. The third kappa shape index (κ3) is 3.91. The minimum absolute atomic E-state index is 0.481. The van der Waals surface area contributed by atoms with Crippen molar-refractivity contribution in [1.29, 1.82) is 5.26 Å². The van der Waals surface area contributed by atoms with Crippen LogP contribution in [0.5, 0.6) is 0 Å². The summed E-state index contributed by atoms with van der Waals surface area (Å²) in [6.45, 7) is 2.14. The Kier molecular flexibility index (Phi) is 4.50. The summed E-state index contributed by atoms with van der Waals surface area (Å²) < 4.78 is 0. The first-order chi connectivity index (χ1) is 6.83. The van der Waals surface area contributed by atoms with Crippen molar-refractivity contribution in [3.05, 3.63) is 42.0 Å². The maximum absolute atomic E-state index is 8.43. The minimum Gasteiger partial charge on any atom is -0.198 e. The Bertz CT molecular complexity index is 319. The van der Waals surface area contributed by atoms with Gasteiger partial charge in [-0.1, -0.05) is 49.4 Å². The summed E-state index contributed by atoms with van der Waals surface area (Å²) in [6, 6.07) is 12.4. The van der Waals surface area contributed by atoms with Gasteiger partial charge < -0.3 is 0 Å².